The van der Waals surface area contributed by atoms with E-state index in [0.29, 0.717) is 31.5 Å². The van der Waals surface area contributed by atoms with E-state index in [4.69, 9.17) is 4.74 Å². The summed E-state index contributed by atoms with van der Waals surface area (Å²) in [5, 5.41) is 12.6. The van der Waals surface area contributed by atoms with Crippen LogP contribution in [0.1, 0.15) is 12.8 Å². The number of fused-ring (bicyclic) bond motifs is 1. The van der Waals surface area contributed by atoms with Gasteiger partial charge in [-0.25, -0.2) is 0 Å². The summed E-state index contributed by atoms with van der Waals surface area (Å²) in [7, 11) is 1.62. The monoisotopic (exact) mass is 242 g/mol. The average Bonchev–Trinajstić information content (AvgIpc) is 2.82. The number of aliphatic hydroxyl groups is 1. The number of rotatable bonds is 5. The molecule has 2 fully saturated rings. The summed E-state index contributed by atoms with van der Waals surface area (Å²) in [5.41, 5.74) is 0. The third kappa shape index (κ3) is 3.18. The number of methoxy groups -OCH3 is 1. The lowest BCUT2D eigenvalue weighted by molar-refractivity contribution is -0.122. The fourth-order valence-corrected chi connectivity index (χ4v) is 3.01. The van der Waals surface area contributed by atoms with Crippen LogP contribution < -0.4 is 5.32 Å². The zero-order valence-corrected chi connectivity index (χ0v) is 10.4. The Hall–Kier alpha value is -0.650. The van der Waals surface area contributed by atoms with E-state index in [1.54, 1.807) is 7.11 Å². The summed E-state index contributed by atoms with van der Waals surface area (Å²) in [6.07, 6.45) is 1.89. The van der Waals surface area contributed by atoms with E-state index in [-0.39, 0.29) is 12.0 Å². The highest BCUT2D eigenvalue weighted by Crippen LogP contribution is 2.37. The number of nitrogens with zero attached hydrogens (tertiary/aromatic N) is 1. The normalized spacial score (nSPS) is 32.7. The highest BCUT2D eigenvalue weighted by molar-refractivity contribution is 5.78. The minimum atomic E-state index is -0.151. The number of aliphatic hydroxyl groups excluding tert-OH is 1. The summed E-state index contributed by atoms with van der Waals surface area (Å²) in [4.78, 5) is 13.8. The van der Waals surface area contributed by atoms with Crippen LogP contribution in [0.5, 0.6) is 0 Å². The minimum Gasteiger partial charge on any atom is -0.393 e. The van der Waals surface area contributed by atoms with Gasteiger partial charge < -0.3 is 15.2 Å². The van der Waals surface area contributed by atoms with Gasteiger partial charge in [0.1, 0.15) is 0 Å². The Morgan fingerprint density at radius 3 is 3.00 bits per heavy atom. The summed E-state index contributed by atoms with van der Waals surface area (Å²) in [5.74, 6) is 1.04. The van der Waals surface area contributed by atoms with Gasteiger partial charge in [0.25, 0.3) is 0 Å². The molecule has 3 atom stereocenters. The molecule has 0 aromatic heterocycles. The zero-order valence-electron chi connectivity index (χ0n) is 10.4. The fourth-order valence-electron chi connectivity index (χ4n) is 3.01. The van der Waals surface area contributed by atoms with E-state index in [1.165, 1.54) is 0 Å². The minimum absolute atomic E-state index is 0.0523. The molecular weight excluding hydrogens is 220 g/mol. The molecule has 1 amide bonds. The Kier molecular flexibility index (Phi) is 4.36. The molecule has 0 aromatic carbocycles. The second kappa shape index (κ2) is 5.80. The number of carbonyl (C=O) groups is 1. The largest absolute Gasteiger partial charge is 0.393 e. The van der Waals surface area contributed by atoms with E-state index in [1.807, 2.05) is 0 Å². The van der Waals surface area contributed by atoms with Crippen LogP contribution in [0.3, 0.4) is 0 Å². The van der Waals surface area contributed by atoms with Gasteiger partial charge in [0.15, 0.2) is 0 Å². The molecule has 17 heavy (non-hydrogen) atoms. The second-order valence-electron chi connectivity index (χ2n) is 5.11. The van der Waals surface area contributed by atoms with Crippen molar-refractivity contribution in [3.05, 3.63) is 0 Å². The number of ether oxygens (including phenoxy) is 1. The molecule has 2 rings (SSSR count). The molecular formula is C12H22N2O3. The maximum Gasteiger partial charge on any atom is 0.234 e. The predicted octanol–water partition coefficient (Wildman–Crippen LogP) is -0.548. The van der Waals surface area contributed by atoms with Gasteiger partial charge in [-0.2, -0.15) is 0 Å². The van der Waals surface area contributed by atoms with Crippen LogP contribution in [0.25, 0.3) is 0 Å². The second-order valence-corrected chi connectivity index (χ2v) is 5.11. The molecule has 1 saturated heterocycles. The van der Waals surface area contributed by atoms with Crippen LogP contribution in [0.4, 0.5) is 0 Å². The molecule has 0 radical (unpaired) electrons. The zero-order chi connectivity index (χ0) is 12.3. The quantitative estimate of drug-likeness (QED) is 0.635. The van der Waals surface area contributed by atoms with Crippen molar-refractivity contribution in [1.29, 1.82) is 0 Å². The van der Waals surface area contributed by atoms with Gasteiger partial charge in [0.2, 0.25) is 5.91 Å². The van der Waals surface area contributed by atoms with Crippen LogP contribution in [-0.2, 0) is 9.53 Å². The molecule has 98 valence electrons. The third-order valence-corrected chi connectivity index (χ3v) is 3.89. The van der Waals surface area contributed by atoms with Gasteiger partial charge in [-0.05, 0) is 18.8 Å². The fraction of sp³-hybridized carbons (Fsp3) is 0.917. The lowest BCUT2D eigenvalue weighted by Crippen LogP contribution is -2.38. The first-order valence-corrected chi connectivity index (χ1v) is 6.36. The van der Waals surface area contributed by atoms with Gasteiger partial charge in [-0.3, -0.25) is 9.69 Å². The van der Waals surface area contributed by atoms with Gasteiger partial charge >= 0.3 is 0 Å². The van der Waals surface area contributed by atoms with E-state index >= 15 is 0 Å². The molecule has 3 unspecified atom stereocenters. The molecule has 1 aliphatic carbocycles. The molecule has 0 bridgehead atoms. The van der Waals surface area contributed by atoms with E-state index < -0.39 is 0 Å². The first kappa shape index (κ1) is 12.8. The maximum absolute atomic E-state index is 11.6. The van der Waals surface area contributed by atoms with E-state index in [2.05, 4.69) is 10.2 Å². The molecule has 0 aromatic rings. The van der Waals surface area contributed by atoms with Crippen LogP contribution >= 0.6 is 0 Å². The van der Waals surface area contributed by atoms with E-state index in [0.717, 1.165) is 25.9 Å². The third-order valence-electron chi connectivity index (χ3n) is 3.89. The summed E-state index contributed by atoms with van der Waals surface area (Å²) in [6, 6.07) is 0. The summed E-state index contributed by atoms with van der Waals surface area (Å²) >= 11 is 0. The van der Waals surface area contributed by atoms with Crippen molar-refractivity contribution in [2.75, 3.05) is 39.9 Å². The number of hydrogen-bond donors (Lipinski definition) is 2. The lowest BCUT2D eigenvalue weighted by atomic mass is 10.00. The predicted molar refractivity (Wildman–Crippen MR) is 63.5 cm³/mol. The number of amides is 1. The highest BCUT2D eigenvalue weighted by atomic mass is 16.5. The van der Waals surface area contributed by atoms with Crippen molar-refractivity contribution in [2.24, 2.45) is 11.8 Å². The SMILES string of the molecule is COCCNC(=O)CN1CC2CCC(O)C2C1. The number of nitrogens with one attached hydrogen (secondary N) is 1. The van der Waals surface area contributed by atoms with Crippen molar-refractivity contribution in [1.82, 2.24) is 10.2 Å². The van der Waals surface area contributed by atoms with Crippen molar-refractivity contribution in [3.8, 4) is 0 Å². The number of likely N-dealkylation sites (tertiary alicyclic amines) is 1. The Labute approximate surface area is 102 Å². The molecule has 1 saturated carbocycles. The maximum atomic E-state index is 11.6. The highest BCUT2D eigenvalue weighted by Gasteiger charge is 2.41. The van der Waals surface area contributed by atoms with Crippen molar-refractivity contribution in [3.63, 3.8) is 0 Å². The first-order chi connectivity index (χ1) is 8.20. The molecule has 2 aliphatic rings. The number of hydrogen-bond acceptors (Lipinski definition) is 4. The number of carbonyl (C=O) groups excluding carboxylic acids is 1. The summed E-state index contributed by atoms with van der Waals surface area (Å²) < 4.78 is 4.88. The Morgan fingerprint density at radius 2 is 2.29 bits per heavy atom. The topological polar surface area (TPSA) is 61.8 Å². The average molecular weight is 242 g/mol. The van der Waals surface area contributed by atoms with Gasteiger partial charge in [0, 0.05) is 32.7 Å². The van der Waals surface area contributed by atoms with Gasteiger partial charge in [-0.15, -0.1) is 0 Å². The molecule has 1 aliphatic heterocycles. The Morgan fingerprint density at radius 1 is 1.47 bits per heavy atom. The van der Waals surface area contributed by atoms with Crippen LogP contribution in [0.2, 0.25) is 0 Å². The van der Waals surface area contributed by atoms with Crippen LogP contribution in [0, 0.1) is 11.8 Å². The van der Waals surface area contributed by atoms with Gasteiger partial charge in [0.05, 0.1) is 19.3 Å². The smallest absolute Gasteiger partial charge is 0.234 e. The first-order valence-electron chi connectivity index (χ1n) is 6.36. The Bertz CT molecular complexity index is 272. The van der Waals surface area contributed by atoms with Crippen molar-refractivity contribution >= 4 is 5.91 Å². The lowest BCUT2D eigenvalue weighted by Gasteiger charge is -2.17. The van der Waals surface area contributed by atoms with Crippen molar-refractivity contribution in [2.45, 2.75) is 18.9 Å². The molecule has 2 N–H and O–H groups in total. The Balaban J connectivity index is 1.69. The molecule has 0 spiro atoms. The molecule has 5 nitrogen and oxygen atoms in total. The van der Waals surface area contributed by atoms with Crippen LogP contribution in [-0.4, -0.2) is 61.9 Å². The van der Waals surface area contributed by atoms with Crippen molar-refractivity contribution < 1.29 is 14.6 Å². The summed E-state index contributed by atoms with van der Waals surface area (Å²) in [6.45, 7) is 3.39. The van der Waals surface area contributed by atoms with Crippen LogP contribution in [0.15, 0.2) is 0 Å². The standard InChI is InChI=1S/C12H22N2O3/c1-17-5-4-13-12(16)8-14-6-9-2-3-11(15)10(9)7-14/h9-11,15H,2-8H2,1H3,(H,13,16). The van der Waals surface area contributed by atoms with Gasteiger partial charge in [-0.1, -0.05) is 0 Å². The molecule has 5 heteroatoms. The molecule has 1 heterocycles. The van der Waals surface area contributed by atoms with E-state index in [9.17, 15) is 9.90 Å².